The van der Waals surface area contributed by atoms with Gasteiger partial charge in [-0.2, -0.15) is 11.8 Å². The predicted octanol–water partition coefficient (Wildman–Crippen LogP) is 2.25. The zero-order valence-corrected chi connectivity index (χ0v) is 10.6. The lowest BCUT2D eigenvalue weighted by molar-refractivity contribution is 0.0697. The highest BCUT2D eigenvalue weighted by molar-refractivity contribution is 7.98. The smallest absolute Gasteiger partial charge is 0.335 e. The van der Waals surface area contributed by atoms with Crippen molar-refractivity contribution in [1.82, 2.24) is 0 Å². The Morgan fingerprint density at radius 3 is 2.50 bits per heavy atom. The van der Waals surface area contributed by atoms with Gasteiger partial charge in [-0.15, -0.1) is 0 Å². The molecule has 0 saturated carbocycles. The first kappa shape index (κ1) is 13.3. The van der Waals surface area contributed by atoms with E-state index >= 15 is 0 Å². The van der Waals surface area contributed by atoms with Crippen LogP contribution in [0, 0.1) is 0 Å². The van der Waals surface area contributed by atoms with Gasteiger partial charge in [0.2, 0.25) is 0 Å². The molecule has 0 radical (unpaired) electrons. The van der Waals surface area contributed by atoms with Crippen LogP contribution in [0.2, 0.25) is 0 Å². The van der Waals surface area contributed by atoms with Crippen molar-refractivity contribution in [1.29, 1.82) is 0 Å². The van der Waals surface area contributed by atoms with Crippen LogP contribution in [0.5, 0.6) is 0 Å². The maximum Gasteiger partial charge on any atom is 0.335 e. The minimum Gasteiger partial charge on any atom is -0.478 e. The van der Waals surface area contributed by atoms with Gasteiger partial charge >= 0.3 is 5.97 Å². The molecule has 0 spiro atoms. The summed E-state index contributed by atoms with van der Waals surface area (Å²) in [6.45, 7) is 0. The summed E-state index contributed by atoms with van der Waals surface area (Å²) in [5, 5.41) is 8.71. The number of hydrogen-bond donors (Lipinski definition) is 1. The summed E-state index contributed by atoms with van der Waals surface area (Å²) >= 11 is 1.73. The van der Waals surface area contributed by atoms with Crippen LogP contribution in [-0.4, -0.2) is 33.0 Å². The second-order valence-electron chi connectivity index (χ2n) is 3.23. The molecular weight excluding hydrogens is 244 g/mol. The Hall–Kier alpha value is -0.810. The monoisotopic (exact) mass is 258 g/mol. The predicted molar refractivity (Wildman–Crippen MR) is 67.7 cm³/mol. The maximum absolute atomic E-state index is 11.8. The van der Waals surface area contributed by atoms with Gasteiger partial charge in [-0.3, -0.25) is 4.21 Å². The maximum atomic E-state index is 11.8. The molecule has 1 aromatic rings. The van der Waals surface area contributed by atoms with E-state index in [0.29, 0.717) is 10.6 Å². The van der Waals surface area contributed by atoms with Crippen LogP contribution in [-0.2, 0) is 10.8 Å². The summed E-state index contributed by atoms with van der Waals surface area (Å²) in [4.78, 5) is 11.3. The molecule has 1 atom stereocenters. The summed E-state index contributed by atoms with van der Waals surface area (Å²) in [5.41, 5.74) is 0.227. The molecule has 0 amide bonds. The minimum absolute atomic E-state index is 0.227. The number of aromatic carboxylic acids is 1. The molecule has 0 heterocycles. The highest BCUT2D eigenvalue weighted by Gasteiger charge is 2.06. The third-order valence-corrected chi connectivity index (χ3v) is 4.20. The van der Waals surface area contributed by atoms with Crippen molar-refractivity contribution in [3.63, 3.8) is 0 Å². The van der Waals surface area contributed by atoms with Gasteiger partial charge in [0.1, 0.15) is 0 Å². The Kier molecular flexibility index (Phi) is 5.55. The van der Waals surface area contributed by atoms with Gasteiger partial charge in [0.25, 0.3) is 0 Å². The molecule has 0 aliphatic rings. The molecule has 3 nitrogen and oxygen atoms in total. The van der Waals surface area contributed by atoms with Crippen LogP contribution >= 0.6 is 11.8 Å². The lowest BCUT2D eigenvalue weighted by Gasteiger charge is -2.02. The zero-order chi connectivity index (χ0) is 12.0. The molecule has 1 unspecified atom stereocenters. The first-order valence-corrected chi connectivity index (χ1v) is 7.57. The molecule has 88 valence electrons. The molecule has 1 aromatic carbocycles. The van der Waals surface area contributed by atoms with Gasteiger partial charge in [-0.25, -0.2) is 4.79 Å². The van der Waals surface area contributed by atoms with Crippen molar-refractivity contribution in [2.45, 2.75) is 11.3 Å². The fourth-order valence-electron chi connectivity index (χ4n) is 1.20. The van der Waals surface area contributed by atoms with Crippen molar-refractivity contribution in [3.8, 4) is 0 Å². The molecule has 16 heavy (non-hydrogen) atoms. The average Bonchev–Trinajstić information content (AvgIpc) is 2.29. The van der Waals surface area contributed by atoms with Gasteiger partial charge in [0.05, 0.1) is 16.4 Å². The van der Waals surface area contributed by atoms with E-state index in [2.05, 4.69) is 0 Å². The standard InChI is InChI=1S/C11H14O3S2/c1-15-7-2-8-16(14)10-5-3-9(4-6-10)11(12)13/h3-6H,2,7-8H2,1H3,(H,12,13). The van der Waals surface area contributed by atoms with E-state index in [0.717, 1.165) is 12.2 Å². The van der Waals surface area contributed by atoms with Gasteiger partial charge in [-0.05, 0) is 42.7 Å². The Morgan fingerprint density at radius 2 is 2.00 bits per heavy atom. The number of thioether (sulfide) groups is 1. The van der Waals surface area contributed by atoms with Crippen LogP contribution < -0.4 is 0 Å². The number of rotatable bonds is 6. The normalized spacial score (nSPS) is 12.3. The third kappa shape index (κ3) is 3.98. The zero-order valence-electron chi connectivity index (χ0n) is 9.01. The van der Waals surface area contributed by atoms with E-state index in [4.69, 9.17) is 5.11 Å². The first-order chi connectivity index (χ1) is 7.65. The fraction of sp³-hybridized carbons (Fsp3) is 0.364. The Bertz CT molecular complexity index is 373. The van der Waals surface area contributed by atoms with E-state index in [1.165, 1.54) is 12.1 Å². The van der Waals surface area contributed by atoms with Crippen molar-refractivity contribution in [2.75, 3.05) is 17.8 Å². The number of carbonyl (C=O) groups is 1. The average molecular weight is 258 g/mol. The molecule has 0 bridgehead atoms. The Labute approximate surface area is 102 Å². The molecule has 5 heteroatoms. The second kappa shape index (κ2) is 6.70. The van der Waals surface area contributed by atoms with E-state index in [1.807, 2.05) is 6.26 Å². The molecule has 0 saturated heterocycles. The van der Waals surface area contributed by atoms with Crippen molar-refractivity contribution in [3.05, 3.63) is 29.8 Å². The van der Waals surface area contributed by atoms with Crippen molar-refractivity contribution >= 4 is 28.5 Å². The minimum atomic E-state index is -1.01. The lowest BCUT2D eigenvalue weighted by atomic mass is 10.2. The van der Waals surface area contributed by atoms with Crippen LogP contribution in [0.3, 0.4) is 0 Å². The molecular formula is C11H14O3S2. The number of hydrogen-bond acceptors (Lipinski definition) is 3. The summed E-state index contributed by atoms with van der Waals surface area (Å²) in [6, 6.07) is 6.23. The van der Waals surface area contributed by atoms with E-state index in [1.54, 1.807) is 23.9 Å². The highest BCUT2D eigenvalue weighted by atomic mass is 32.2. The largest absolute Gasteiger partial charge is 0.478 e. The Morgan fingerprint density at radius 1 is 1.38 bits per heavy atom. The van der Waals surface area contributed by atoms with Crippen LogP contribution in [0.4, 0.5) is 0 Å². The number of carboxylic acids is 1. The number of carboxylic acid groups (broad SMARTS) is 1. The second-order valence-corrected chi connectivity index (χ2v) is 5.78. The Balaban J connectivity index is 2.59. The van der Waals surface area contributed by atoms with E-state index in [-0.39, 0.29) is 5.56 Å². The van der Waals surface area contributed by atoms with Crippen LogP contribution in [0.15, 0.2) is 29.2 Å². The van der Waals surface area contributed by atoms with Gasteiger partial charge < -0.3 is 5.11 Å². The summed E-state index contributed by atoms with van der Waals surface area (Å²) in [7, 11) is -1.01. The molecule has 0 aromatic heterocycles. The quantitative estimate of drug-likeness (QED) is 0.795. The topological polar surface area (TPSA) is 54.4 Å². The van der Waals surface area contributed by atoms with Gasteiger partial charge in [-0.1, -0.05) is 0 Å². The van der Waals surface area contributed by atoms with E-state index < -0.39 is 16.8 Å². The molecule has 0 aliphatic heterocycles. The molecule has 1 rings (SSSR count). The van der Waals surface area contributed by atoms with Gasteiger partial charge in [0, 0.05) is 10.6 Å². The first-order valence-electron chi connectivity index (χ1n) is 4.86. The van der Waals surface area contributed by atoms with Crippen molar-refractivity contribution in [2.24, 2.45) is 0 Å². The number of benzene rings is 1. The summed E-state index contributed by atoms with van der Waals surface area (Å²) < 4.78 is 11.8. The lowest BCUT2D eigenvalue weighted by Crippen LogP contribution is -2.01. The van der Waals surface area contributed by atoms with Crippen LogP contribution in [0.1, 0.15) is 16.8 Å². The van der Waals surface area contributed by atoms with Crippen LogP contribution in [0.25, 0.3) is 0 Å². The summed E-state index contributed by atoms with van der Waals surface area (Å²) in [6.07, 6.45) is 2.93. The molecule has 1 N–H and O–H groups in total. The third-order valence-electron chi connectivity index (χ3n) is 2.04. The van der Waals surface area contributed by atoms with Gasteiger partial charge in [0.15, 0.2) is 0 Å². The SMILES string of the molecule is CSCCCS(=O)c1ccc(C(=O)O)cc1. The molecule has 0 aliphatic carbocycles. The van der Waals surface area contributed by atoms with E-state index in [9.17, 15) is 9.00 Å². The summed E-state index contributed by atoms with van der Waals surface area (Å²) in [5.74, 6) is 0.673. The highest BCUT2D eigenvalue weighted by Crippen LogP contribution is 2.10. The fourth-order valence-corrected chi connectivity index (χ4v) is 2.90. The van der Waals surface area contributed by atoms with Crippen molar-refractivity contribution < 1.29 is 14.1 Å². The molecule has 0 fully saturated rings.